The summed E-state index contributed by atoms with van der Waals surface area (Å²) in [5.74, 6) is 0.773. The summed E-state index contributed by atoms with van der Waals surface area (Å²) in [4.78, 5) is 24.7. The first-order valence-electron chi connectivity index (χ1n) is 9.60. The molecule has 1 aliphatic carbocycles. The van der Waals surface area contributed by atoms with Crippen LogP contribution in [0.5, 0.6) is 0 Å². The summed E-state index contributed by atoms with van der Waals surface area (Å²) >= 11 is 5.86. The molecule has 0 aliphatic heterocycles. The molecule has 1 fully saturated rings. The van der Waals surface area contributed by atoms with E-state index in [9.17, 15) is 9.59 Å². The molecular weight excluding hydrogens is 396 g/mol. The molecule has 8 nitrogen and oxygen atoms in total. The Morgan fingerprint density at radius 1 is 1.31 bits per heavy atom. The van der Waals surface area contributed by atoms with Crippen LogP contribution in [0.3, 0.4) is 0 Å². The summed E-state index contributed by atoms with van der Waals surface area (Å²) < 4.78 is 12.6. The van der Waals surface area contributed by atoms with Gasteiger partial charge in [-0.3, -0.25) is 9.48 Å². The Balaban J connectivity index is 1.60. The lowest BCUT2D eigenvalue weighted by Crippen LogP contribution is -2.55. The molecule has 2 amide bonds. The highest BCUT2D eigenvalue weighted by atomic mass is 35.5. The summed E-state index contributed by atoms with van der Waals surface area (Å²) in [5.41, 5.74) is -1.16. The summed E-state index contributed by atoms with van der Waals surface area (Å²) in [5, 5.41) is 10.4. The maximum atomic E-state index is 12.7. The third kappa shape index (κ3) is 6.00. The lowest BCUT2D eigenvalue weighted by molar-refractivity contribution is 0.0502. The lowest BCUT2D eigenvalue weighted by Gasteiger charge is -2.31. The van der Waals surface area contributed by atoms with E-state index in [1.807, 2.05) is 6.92 Å². The smallest absolute Gasteiger partial charge is 0.407 e. The highest BCUT2D eigenvalue weighted by Gasteiger charge is 2.43. The van der Waals surface area contributed by atoms with Crippen LogP contribution < -0.4 is 10.6 Å². The SMILES string of the molecule is CC(C)(C)OC(=O)NCC(C)(NC(=O)c1ccc(Cn2cc(Cl)cn2)o1)C1CC1. The van der Waals surface area contributed by atoms with Crippen LogP contribution in [-0.4, -0.2) is 39.5 Å². The summed E-state index contributed by atoms with van der Waals surface area (Å²) in [6.07, 6.45) is 4.71. The number of ether oxygens (including phenoxy) is 1. The van der Waals surface area contributed by atoms with Gasteiger partial charge in [0.05, 0.1) is 23.3 Å². The molecule has 1 atom stereocenters. The highest BCUT2D eigenvalue weighted by molar-refractivity contribution is 6.30. The number of rotatable bonds is 7. The van der Waals surface area contributed by atoms with Crippen LogP contribution in [0, 0.1) is 5.92 Å². The maximum Gasteiger partial charge on any atom is 0.407 e. The van der Waals surface area contributed by atoms with Crippen molar-refractivity contribution in [3.63, 3.8) is 0 Å². The number of carbonyl (C=O) groups excluding carboxylic acids is 2. The molecule has 9 heteroatoms. The number of nitrogens with zero attached hydrogens (tertiary/aromatic N) is 2. The molecule has 0 spiro atoms. The third-order valence-electron chi connectivity index (χ3n) is 4.68. The Bertz CT molecular complexity index is 881. The first kappa shape index (κ1) is 21.2. The summed E-state index contributed by atoms with van der Waals surface area (Å²) in [6, 6.07) is 3.36. The minimum absolute atomic E-state index is 0.211. The highest BCUT2D eigenvalue weighted by Crippen LogP contribution is 2.39. The number of hydrogen-bond donors (Lipinski definition) is 2. The van der Waals surface area contributed by atoms with Gasteiger partial charge in [-0.1, -0.05) is 11.6 Å². The van der Waals surface area contributed by atoms with Crippen LogP contribution in [0.25, 0.3) is 0 Å². The monoisotopic (exact) mass is 422 g/mol. The molecule has 0 bridgehead atoms. The number of hydrogen-bond acceptors (Lipinski definition) is 5. The fraction of sp³-hybridized carbons (Fsp3) is 0.550. The first-order chi connectivity index (χ1) is 13.5. The zero-order chi connectivity index (χ0) is 21.2. The van der Waals surface area contributed by atoms with Crippen molar-refractivity contribution in [2.75, 3.05) is 6.54 Å². The molecule has 1 unspecified atom stereocenters. The Morgan fingerprint density at radius 3 is 2.62 bits per heavy atom. The van der Waals surface area contributed by atoms with Crippen LogP contribution in [0.2, 0.25) is 5.02 Å². The predicted molar refractivity (Wildman–Crippen MR) is 108 cm³/mol. The molecule has 2 aromatic heterocycles. The van der Waals surface area contributed by atoms with Crippen molar-refractivity contribution in [3.8, 4) is 0 Å². The summed E-state index contributed by atoms with van der Waals surface area (Å²) in [6.45, 7) is 7.99. The van der Waals surface area contributed by atoms with Crippen LogP contribution >= 0.6 is 11.6 Å². The molecule has 1 saturated carbocycles. The fourth-order valence-electron chi connectivity index (χ4n) is 3.07. The molecule has 3 rings (SSSR count). The van der Waals surface area contributed by atoms with Gasteiger partial charge in [0, 0.05) is 12.7 Å². The molecule has 2 aromatic rings. The van der Waals surface area contributed by atoms with Gasteiger partial charge in [-0.05, 0) is 58.6 Å². The number of alkyl carbamates (subject to hydrolysis) is 1. The second-order valence-electron chi connectivity index (χ2n) is 8.62. The van der Waals surface area contributed by atoms with Crippen molar-refractivity contribution >= 4 is 23.6 Å². The molecule has 0 radical (unpaired) electrons. The standard InChI is InChI=1S/C20H27ClN4O4/c1-19(2,3)29-18(27)22-12-20(4,13-5-6-13)24-17(26)16-8-7-15(28-16)11-25-10-14(21)9-23-25/h7-10,13H,5-6,11-12H2,1-4H3,(H,22,27)(H,24,26). The number of nitrogens with one attached hydrogen (secondary N) is 2. The number of carbonyl (C=O) groups is 2. The van der Waals surface area contributed by atoms with Gasteiger partial charge in [-0.15, -0.1) is 0 Å². The molecule has 0 saturated heterocycles. The van der Waals surface area contributed by atoms with Crippen LogP contribution in [0.1, 0.15) is 56.9 Å². The zero-order valence-electron chi connectivity index (χ0n) is 17.1. The Morgan fingerprint density at radius 2 is 2.03 bits per heavy atom. The van der Waals surface area contributed by atoms with Crippen LogP contribution in [0.15, 0.2) is 28.9 Å². The van der Waals surface area contributed by atoms with E-state index in [1.54, 1.807) is 43.8 Å². The number of halogens is 1. The van der Waals surface area contributed by atoms with E-state index in [0.717, 1.165) is 12.8 Å². The largest absolute Gasteiger partial charge is 0.454 e. The van der Waals surface area contributed by atoms with Crippen molar-refractivity contribution in [3.05, 3.63) is 41.1 Å². The van der Waals surface area contributed by atoms with E-state index >= 15 is 0 Å². The second kappa shape index (κ2) is 8.10. The molecule has 2 N–H and O–H groups in total. The molecule has 158 valence electrons. The summed E-state index contributed by atoms with van der Waals surface area (Å²) in [7, 11) is 0. The maximum absolute atomic E-state index is 12.7. The number of furan rings is 1. The fourth-order valence-corrected chi connectivity index (χ4v) is 3.23. The van der Waals surface area contributed by atoms with Crippen molar-refractivity contribution in [2.24, 2.45) is 5.92 Å². The van der Waals surface area contributed by atoms with Gasteiger partial charge < -0.3 is 19.8 Å². The van der Waals surface area contributed by atoms with E-state index in [0.29, 0.717) is 23.2 Å². The minimum atomic E-state index is -0.587. The number of amides is 2. The molecule has 0 aromatic carbocycles. The van der Waals surface area contributed by atoms with Gasteiger partial charge in [0.1, 0.15) is 11.4 Å². The van der Waals surface area contributed by atoms with E-state index in [2.05, 4.69) is 15.7 Å². The van der Waals surface area contributed by atoms with Gasteiger partial charge in [-0.2, -0.15) is 5.10 Å². The van der Waals surface area contributed by atoms with Crippen LogP contribution in [0.4, 0.5) is 4.79 Å². The molecule has 29 heavy (non-hydrogen) atoms. The number of aromatic nitrogens is 2. The van der Waals surface area contributed by atoms with Crippen molar-refractivity contribution in [1.29, 1.82) is 0 Å². The predicted octanol–water partition coefficient (Wildman–Crippen LogP) is 3.60. The van der Waals surface area contributed by atoms with E-state index in [-0.39, 0.29) is 18.2 Å². The Kier molecular flexibility index (Phi) is 5.93. The van der Waals surface area contributed by atoms with Gasteiger partial charge in [0.25, 0.3) is 5.91 Å². The molecule has 2 heterocycles. The van der Waals surface area contributed by atoms with Crippen molar-refractivity contribution < 1.29 is 18.7 Å². The van der Waals surface area contributed by atoms with Gasteiger partial charge >= 0.3 is 6.09 Å². The Hall–Kier alpha value is -2.48. The average molecular weight is 423 g/mol. The van der Waals surface area contributed by atoms with E-state index < -0.39 is 17.2 Å². The van der Waals surface area contributed by atoms with Crippen molar-refractivity contribution in [2.45, 2.75) is 58.2 Å². The zero-order valence-corrected chi connectivity index (χ0v) is 17.9. The van der Waals surface area contributed by atoms with E-state index in [4.69, 9.17) is 20.8 Å². The third-order valence-corrected chi connectivity index (χ3v) is 4.88. The quantitative estimate of drug-likeness (QED) is 0.710. The minimum Gasteiger partial charge on any atom is -0.454 e. The van der Waals surface area contributed by atoms with Gasteiger partial charge in [0.15, 0.2) is 5.76 Å². The lowest BCUT2D eigenvalue weighted by atomic mass is 9.95. The Labute approximate surface area is 174 Å². The van der Waals surface area contributed by atoms with Gasteiger partial charge in [-0.25, -0.2) is 4.79 Å². The first-order valence-corrected chi connectivity index (χ1v) is 9.98. The average Bonchev–Trinajstić information content (AvgIpc) is 3.25. The molecule has 1 aliphatic rings. The van der Waals surface area contributed by atoms with Gasteiger partial charge in [0.2, 0.25) is 0 Å². The molecular formula is C20H27ClN4O4. The normalized spacial score (nSPS) is 16.2. The van der Waals surface area contributed by atoms with Crippen molar-refractivity contribution in [1.82, 2.24) is 20.4 Å². The van der Waals surface area contributed by atoms with Crippen LogP contribution in [-0.2, 0) is 11.3 Å². The van der Waals surface area contributed by atoms with E-state index in [1.165, 1.54) is 6.20 Å². The topological polar surface area (TPSA) is 98.4 Å². The second-order valence-corrected chi connectivity index (χ2v) is 9.06.